The van der Waals surface area contributed by atoms with Crippen molar-refractivity contribution in [2.45, 2.75) is 70.0 Å². The smallest absolute Gasteiger partial charge is 0.236 e. The van der Waals surface area contributed by atoms with Crippen LogP contribution < -0.4 is 0 Å². The molecule has 2 fully saturated rings. The molecule has 0 radical (unpaired) electrons. The number of rotatable bonds is 7. The monoisotopic (exact) mass is 386 g/mol. The molecular formula is C22H30N2O2S. The molecule has 4 nitrogen and oxygen atoms in total. The molecule has 2 saturated heterocycles. The van der Waals surface area contributed by atoms with Crippen LogP contribution in [0.25, 0.3) is 0 Å². The van der Waals surface area contributed by atoms with E-state index in [0.29, 0.717) is 12.5 Å². The summed E-state index contributed by atoms with van der Waals surface area (Å²) in [6, 6.07) is 11.4. The molecule has 0 unspecified atom stereocenters. The minimum absolute atomic E-state index is 0.112. The van der Waals surface area contributed by atoms with Crippen LogP contribution in [-0.2, 0) is 11.3 Å². The Kier molecular flexibility index (Phi) is 5.62. The number of hydrogen-bond donors (Lipinski definition) is 1. The number of nitrogens with zero attached hydrogens (tertiary/aromatic N) is 2. The third kappa shape index (κ3) is 3.57. The van der Waals surface area contributed by atoms with Crippen molar-refractivity contribution in [2.75, 3.05) is 6.54 Å². The molecule has 146 valence electrons. The molecule has 4 atom stereocenters. The Morgan fingerprint density at radius 2 is 2.07 bits per heavy atom. The van der Waals surface area contributed by atoms with Gasteiger partial charge in [0.2, 0.25) is 5.91 Å². The van der Waals surface area contributed by atoms with Gasteiger partial charge in [-0.1, -0.05) is 37.3 Å². The Morgan fingerprint density at radius 3 is 2.81 bits per heavy atom. The number of allylic oxidation sites excluding steroid dienone is 2. The second kappa shape index (κ2) is 7.98. The first kappa shape index (κ1) is 19.0. The molecule has 1 aromatic rings. The molecular weight excluding hydrogens is 356 g/mol. The van der Waals surface area contributed by atoms with Crippen LogP contribution in [0.15, 0.2) is 40.9 Å². The summed E-state index contributed by atoms with van der Waals surface area (Å²) in [4.78, 5) is 18.3. The third-order valence-corrected chi connectivity index (χ3v) is 7.91. The lowest BCUT2D eigenvalue weighted by atomic mass is 9.90. The van der Waals surface area contributed by atoms with Crippen LogP contribution in [-0.4, -0.2) is 44.9 Å². The lowest BCUT2D eigenvalue weighted by molar-refractivity contribution is -0.153. The number of aliphatic hydroxyl groups is 1. The quantitative estimate of drug-likeness (QED) is 0.720. The normalized spacial score (nSPS) is 29.2. The van der Waals surface area contributed by atoms with Gasteiger partial charge in [-0.25, -0.2) is 0 Å². The summed E-state index contributed by atoms with van der Waals surface area (Å²) in [7, 11) is 0. The van der Waals surface area contributed by atoms with E-state index in [1.54, 1.807) is 0 Å². The highest BCUT2D eigenvalue weighted by Gasteiger charge is 2.55. The van der Waals surface area contributed by atoms with Gasteiger partial charge in [0.05, 0.1) is 12.0 Å². The molecule has 0 bridgehead atoms. The molecule has 3 aliphatic rings. The van der Waals surface area contributed by atoms with E-state index >= 15 is 0 Å². The number of carbonyl (C=O) groups is 1. The lowest BCUT2D eigenvalue weighted by Gasteiger charge is -2.44. The zero-order chi connectivity index (χ0) is 19.0. The summed E-state index contributed by atoms with van der Waals surface area (Å²) < 4.78 is 0. The zero-order valence-electron chi connectivity index (χ0n) is 16.3. The van der Waals surface area contributed by atoms with Gasteiger partial charge in [0.15, 0.2) is 0 Å². The van der Waals surface area contributed by atoms with Gasteiger partial charge < -0.3 is 10.0 Å². The third-order valence-electron chi connectivity index (χ3n) is 6.38. The topological polar surface area (TPSA) is 43.8 Å². The first-order valence-corrected chi connectivity index (χ1v) is 11.1. The number of benzene rings is 1. The molecule has 3 aliphatic heterocycles. The van der Waals surface area contributed by atoms with E-state index in [0.717, 1.165) is 25.1 Å². The summed E-state index contributed by atoms with van der Waals surface area (Å²) in [5, 5.41) is 10.3. The van der Waals surface area contributed by atoms with Gasteiger partial charge >= 0.3 is 0 Å². The van der Waals surface area contributed by atoms with Gasteiger partial charge in [-0.2, -0.15) is 0 Å². The maximum Gasteiger partial charge on any atom is 0.236 e. The number of β-lactam (4-membered cyclic amide) rings is 1. The number of likely N-dealkylation sites (tertiary alicyclic amines) is 1. The molecule has 0 spiro atoms. The Morgan fingerprint density at radius 1 is 1.30 bits per heavy atom. The fourth-order valence-electron chi connectivity index (χ4n) is 4.73. The summed E-state index contributed by atoms with van der Waals surface area (Å²) in [6.45, 7) is 6.24. The fourth-order valence-corrected chi connectivity index (χ4v) is 6.34. The predicted molar refractivity (Wildman–Crippen MR) is 110 cm³/mol. The van der Waals surface area contributed by atoms with Crippen molar-refractivity contribution in [3.63, 3.8) is 0 Å². The van der Waals surface area contributed by atoms with Crippen molar-refractivity contribution in [3.8, 4) is 0 Å². The van der Waals surface area contributed by atoms with Crippen molar-refractivity contribution in [1.82, 2.24) is 9.80 Å². The highest BCUT2D eigenvalue weighted by molar-refractivity contribution is 8.04. The van der Waals surface area contributed by atoms with E-state index in [1.165, 1.54) is 29.9 Å². The van der Waals surface area contributed by atoms with Gasteiger partial charge in [-0.15, -0.1) is 11.8 Å². The molecule has 5 heteroatoms. The molecule has 1 aromatic carbocycles. The number of thioether (sulfide) groups is 1. The Hall–Kier alpha value is -1.30. The van der Waals surface area contributed by atoms with E-state index in [9.17, 15) is 9.90 Å². The summed E-state index contributed by atoms with van der Waals surface area (Å²) in [5.41, 5.74) is 2.52. The Balaban J connectivity index is 1.35. The van der Waals surface area contributed by atoms with Crippen LogP contribution in [0, 0.1) is 5.92 Å². The molecule has 0 aliphatic carbocycles. The lowest BCUT2D eigenvalue weighted by Crippen LogP contribution is -2.60. The SMILES string of the molecule is CC[C@H](O)[C@@H]1C(=O)N2C(C)=C(CC[C@H]3CCCN3Cc3ccccc3)S[C@H]12. The molecule has 1 N–H and O–H groups in total. The van der Waals surface area contributed by atoms with Crippen molar-refractivity contribution in [1.29, 1.82) is 0 Å². The number of carbonyl (C=O) groups excluding carboxylic acids is 1. The molecule has 27 heavy (non-hydrogen) atoms. The Labute approximate surface area is 166 Å². The molecule has 1 amide bonds. The highest BCUT2D eigenvalue weighted by Crippen LogP contribution is 2.51. The van der Waals surface area contributed by atoms with E-state index in [-0.39, 0.29) is 17.2 Å². The van der Waals surface area contributed by atoms with E-state index < -0.39 is 6.10 Å². The predicted octanol–water partition coefficient (Wildman–Crippen LogP) is 3.96. The maximum absolute atomic E-state index is 12.4. The second-order valence-electron chi connectivity index (χ2n) is 8.02. The van der Waals surface area contributed by atoms with Gasteiger partial charge in [0.25, 0.3) is 0 Å². The van der Waals surface area contributed by atoms with E-state index in [1.807, 2.05) is 23.6 Å². The molecule has 4 rings (SSSR count). The van der Waals surface area contributed by atoms with Crippen LogP contribution in [0.5, 0.6) is 0 Å². The summed E-state index contributed by atoms with van der Waals surface area (Å²) in [5.74, 6) is -0.102. The second-order valence-corrected chi connectivity index (χ2v) is 9.23. The minimum atomic E-state index is -0.505. The minimum Gasteiger partial charge on any atom is -0.392 e. The van der Waals surface area contributed by atoms with Gasteiger partial charge in [-0.3, -0.25) is 9.69 Å². The first-order chi connectivity index (χ1) is 13.1. The van der Waals surface area contributed by atoms with Crippen molar-refractivity contribution in [3.05, 3.63) is 46.5 Å². The van der Waals surface area contributed by atoms with Crippen molar-refractivity contribution < 1.29 is 9.90 Å². The number of fused-ring (bicyclic) bond motifs is 1. The molecule has 3 heterocycles. The standard InChI is InChI=1S/C22H30N2O2S/c1-3-18(25)20-21(26)24-15(2)19(27-22(20)24)12-11-17-10-7-13-23(17)14-16-8-5-4-6-9-16/h4-6,8-9,17-18,20,22,25H,3,7,10-14H2,1-2H3/t17-,18+,20-,22-/m1/s1. The number of amides is 1. The van der Waals surface area contributed by atoms with Crippen molar-refractivity contribution >= 4 is 17.7 Å². The van der Waals surface area contributed by atoms with Gasteiger partial charge in [0, 0.05) is 23.2 Å². The largest absolute Gasteiger partial charge is 0.392 e. The van der Waals surface area contributed by atoms with Crippen LogP contribution >= 0.6 is 11.8 Å². The van der Waals surface area contributed by atoms with Crippen LogP contribution in [0.4, 0.5) is 0 Å². The highest BCUT2D eigenvalue weighted by atomic mass is 32.2. The van der Waals surface area contributed by atoms with Crippen molar-refractivity contribution in [2.24, 2.45) is 5.92 Å². The Bertz CT molecular complexity index is 720. The number of aliphatic hydroxyl groups excluding tert-OH is 1. The van der Waals surface area contributed by atoms with Gasteiger partial charge in [0.1, 0.15) is 5.37 Å². The van der Waals surface area contributed by atoms with Crippen LogP contribution in [0.1, 0.15) is 51.5 Å². The fraction of sp³-hybridized carbons (Fsp3) is 0.591. The zero-order valence-corrected chi connectivity index (χ0v) is 17.1. The maximum atomic E-state index is 12.4. The average Bonchev–Trinajstić information content (AvgIpc) is 3.22. The van der Waals surface area contributed by atoms with E-state index in [4.69, 9.17) is 0 Å². The van der Waals surface area contributed by atoms with Gasteiger partial charge in [-0.05, 0) is 51.1 Å². The molecule has 0 saturated carbocycles. The summed E-state index contributed by atoms with van der Waals surface area (Å²) >= 11 is 1.82. The average molecular weight is 387 g/mol. The summed E-state index contributed by atoms with van der Waals surface area (Å²) in [6.07, 6.45) is 4.89. The first-order valence-electron chi connectivity index (χ1n) is 10.3. The molecule has 0 aromatic heterocycles. The van der Waals surface area contributed by atoms with Crippen LogP contribution in [0.2, 0.25) is 0 Å². The van der Waals surface area contributed by atoms with E-state index in [2.05, 4.69) is 42.2 Å². The number of hydrogen-bond acceptors (Lipinski definition) is 4. The van der Waals surface area contributed by atoms with Crippen LogP contribution in [0.3, 0.4) is 0 Å².